The van der Waals surface area contributed by atoms with Crippen molar-refractivity contribution < 1.29 is 9.53 Å². The van der Waals surface area contributed by atoms with Crippen LogP contribution in [0.1, 0.15) is 46.7 Å². The van der Waals surface area contributed by atoms with E-state index in [9.17, 15) is 4.79 Å². The highest BCUT2D eigenvalue weighted by atomic mass is 16.5. The fourth-order valence-electron chi connectivity index (χ4n) is 2.79. The van der Waals surface area contributed by atoms with Gasteiger partial charge in [0, 0.05) is 37.3 Å². The summed E-state index contributed by atoms with van der Waals surface area (Å²) in [5.41, 5.74) is 6.92. The SMILES string of the molecule is Nc1nccnc1[C@H]1CN(C(=O)c2cnc(C3CC3)nc2)CCO1. The lowest BCUT2D eigenvalue weighted by Gasteiger charge is -2.32. The van der Waals surface area contributed by atoms with Crippen molar-refractivity contribution in [3.05, 3.63) is 41.9 Å². The Morgan fingerprint density at radius 3 is 2.62 bits per heavy atom. The first-order chi connectivity index (χ1) is 11.7. The predicted octanol–water partition coefficient (Wildman–Crippen LogP) is 0.940. The maximum atomic E-state index is 12.7. The van der Waals surface area contributed by atoms with Gasteiger partial charge in [-0.2, -0.15) is 0 Å². The summed E-state index contributed by atoms with van der Waals surface area (Å²) in [4.78, 5) is 31.3. The molecule has 1 atom stereocenters. The molecular formula is C16H18N6O2. The lowest BCUT2D eigenvalue weighted by atomic mass is 10.1. The number of nitrogens with two attached hydrogens (primary N) is 1. The number of hydrogen-bond donors (Lipinski definition) is 1. The standard InChI is InChI=1S/C16H18N6O2/c17-14-13(18-3-4-19-14)12-9-22(5-6-24-12)16(23)11-7-20-15(21-8-11)10-1-2-10/h3-4,7-8,10,12H,1-2,5-6,9H2,(H2,17,19)/t12-/m1/s1. The van der Waals surface area contributed by atoms with Gasteiger partial charge in [0.15, 0.2) is 0 Å². The summed E-state index contributed by atoms with van der Waals surface area (Å²) in [6.45, 7) is 1.32. The Balaban J connectivity index is 1.49. The van der Waals surface area contributed by atoms with Gasteiger partial charge in [0.2, 0.25) is 0 Å². The number of morpholine rings is 1. The van der Waals surface area contributed by atoms with Gasteiger partial charge in [-0.1, -0.05) is 0 Å². The Morgan fingerprint density at radius 2 is 1.92 bits per heavy atom. The van der Waals surface area contributed by atoms with Crippen molar-refractivity contribution in [3.8, 4) is 0 Å². The predicted molar refractivity (Wildman–Crippen MR) is 85.0 cm³/mol. The molecule has 1 aliphatic heterocycles. The number of ether oxygens (including phenoxy) is 1. The van der Waals surface area contributed by atoms with Crippen LogP contribution in [0, 0.1) is 0 Å². The van der Waals surface area contributed by atoms with Crippen LogP contribution in [0.25, 0.3) is 0 Å². The van der Waals surface area contributed by atoms with Crippen molar-refractivity contribution in [1.82, 2.24) is 24.8 Å². The quantitative estimate of drug-likeness (QED) is 0.894. The topological polar surface area (TPSA) is 107 Å². The second-order valence-corrected chi connectivity index (χ2v) is 6.04. The molecule has 4 rings (SSSR count). The van der Waals surface area contributed by atoms with Gasteiger partial charge in [-0.25, -0.2) is 15.0 Å². The van der Waals surface area contributed by atoms with Gasteiger partial charge in [0.05, 0.1) is 18.7 Å². The lowest BCUT2D eigenvalue weighted by Crippen LogP contribution is -2.42. The monoisotopic (exact) mass is 326 g/mol. The zero-order valence-electron chi connectivity index (χ0n) is 13.1. The largest absolute Gasteiger partial charge is 0.382 e. The van der Waals surface area contributed by atoms with E-state index in [0.717, 1.165) is 18.7 Å². The zero-order chi connectivity index (χ0) is 16.5. The fourth-order valence-corrected chi connectivity index (χ4v) is 2.79. The summed E-state index contributed by atoms with van der Waals surface area (Å²) in [5.74, 6) is 1.53. The molecule has 0 bridgehead atoms. The van der Waals surface area contributed by atoms with Gasteiger partial charge in [0.1, 0.15) is 23.4 Å². The lowest BCUT2D eigenvalue weighted by molar-refractivity contribution is -0.0245. The van der Waals surface area contributed by atoms with E-state index < -0.39 is 0 Å². The molecule has 2 aromatic rings. The molecule has 1 aliphatic carbocycles. The summed E-state index contributed by atoms with van der Waals surface area (Å²) in [6, 6.07) is 0. The van der Waals surface area contributed by atoms with E-state index in [1.165, 1.54) is 6.20 Å². The molecule has 1 saturated carbocycles. The highest BCUT2D eigenvalue weighted by molar-refractivity contribution is 5.93. The number of carbonyl (C=O) groups is 1. The average Bonchev–Trinajstić information content (AvgIpc) is 3.47. The minimum absolute atomic E-state index is 0.104. The van der Waals surface area contributed by atoms with Crippen LogP contribution in [0.4, 0.5) is 5.82 Å². The summed E-state index contributed by atoms with van der Waals surface area (Å²) < 4.78 is 5.71. The first-order valence-electron chi connectivity index (χ1n) is 8.01. The minimum Gasteiger partial charge on any atom is -0.382 e. The Labute approximate surface area is 139 Å². The molecule has 1 amide bonds. The van der Waals surface area contributed by atoms with Crippen molar-refractivity contribution in [2.45, 2.75) is 24.9 Å². The number of amides is 1. The van der Waals surface area contributed by atoms with Gasteiger partial charge < -0.3 is 15.4 Å². The number of aromatic nitrogens is 4. The van der Waals surface area contributed by atoms with E-state index in [1.54, 1.807) is 23.5 Å². The highest BCUT2D eigenvalue weighted by Gasteiger charge is 2.30. The Hall–Kier alpha value is -2.61. The molecule has 2 fully saturated rings. The van der Waals surface area contributed by atoms with Crippen LogP contribution in [0.15, 0.2) is 24.8 Å². The van der Waals surface area contributed by atoms with Crippen molar-refractivity contribution in [2.24, 2.45) is 0 Å². The summed E-state index contributed by atoms with van der Waals surface area (Å²) in [6.07, 6.45) is 8.23. The first-order valence-corrected chi connectivity index (χ1v) is 8.01. The molecular weight excluding hydrogens is 308 g/mol. The number of nitrogen functional groups attached to an aromatic ring is 1. The number of rotatable bonds is 3. The molecule has 0 radical (unpaired) electrons. The maximum Gasteiger partial charge on any atom is 0.257 e. The van der Waals surface area contributed by atoms with Crippen LogP contribution >= 0.6 is 0 Å². The van der Waals surface area contributed by atoms with Crippen LogP contribution in [0.5, 0.6) is 0 Å². The van der Waals surface area contributed by atoms with Gasteiger partial charge in [-0.3, -0.25) is 9.78 Å². The summed E-state index contributed by atoms with van der Waals surface area (Å²) in [7, 11) is 0. The van der Waals surface area contributed by atoms with Gasteiger partial charge in [-0.15, -0.1) is 0 Å². The molecule has 2 N–H and O–H groups in total. The molecule has 2 aliphatic rings. The number of hydrogen-bond acceptors (Lipinski definition) is 7. The summed E-state index contributed by atoms with van der Waals surface area (Å²) >= 11 is 0. The molecule has 0 unspecified atom stereocenters. The van der Waals surface area contributed by atoms with Gasteiger partial charge >= 0.3 is 0 Å². The minimum atomic E-state index is -0.372. The maximum absolute atomic E-state index is 12.7. The van der Waals surface area contributed by atoms with E-state index in [-0.39, 0.29) is 12.0 Å². The third kappa shape index (κ3) is 2.92. The Morgan fingerprint density at radius 1 is 1.17 bits per heavy atom. The van der Waals surface area contributed by atoms with E-state index in [1.807, 2.05) is 0 Å². The Kier molecular flexibility index (Phi) is 3.81. The number of carbonyl (C=O) groups excluding carboxylic acids is 1. The third-order valence-corrected chi connectivity index (χ3v) is 4.28. The Bertz CT molecular complexity index is 746. The van der Waals surface area contributed by atoms with E-state index >= 15 is 0 Å². The molecule has 0 aromatic carbocycles. The zero-order valence-corrected chi connectivity index (χ0v) is 13.1. The van der Waals surface area contributed by atoms with Crippen molar-refractivity contribution in [2.75, 3.05) is 25.4 Å². The molecule has 2 aromatic heterocycles. The molecule has 8 heteroatoms. The number of anilines is 1. The van der Waals surface area contributed by atoms with Crippen LogP contribution in [-0.2, 0) is 4.74 Å². The van der Waals surface area contributed by atoms with Crippen molar-refractivity contribution in [1.29, 1.82) is 0 Å². The second kappa shape index (κ2) is 6.12. The van der Waals surface area contributed by atoms with E-state index in [0.29, 0.717) is 42.7 Å². The average molecular weight is 326 g/mol. The molecule has 0 spiro atoms. The van der Waals surface area contributed by atoms with Crippen LogP contribution in [0.3, 0.4) is 0 Å². The molecule has 1 saturated heterocycles. The first kappa shape index (κ1) is 14.9. The molecule has 3 heterocycles. The third-order valence-electron chi connectivity index (χ3n) is 4.28. The van der Waals surface area contributed by atoms with Crippen LogP contribution < -0.4 is 5.73 Å². The molecule has 124 valence electrons. The van der Waals surface area contributed by atoms with Crippen molar-refractivity contribution >= 4 is 11.7 Å². The van der Waals surface area contributed by atoms with Crippen molar-refractivity contribution in [3.63, 3.8) is 0 Å². The molecule has 24 heavy (non-hydrogen) atoms. The highest BCUT2D eigenvalue weighted by Crippen LogP contribution is 2.37. The summed E-state index contributed by atoms with van der Waals surface area (Å²) in [5, 5.41) is 0. The van der Waals surface area contributed by atoms with Crippen LogP contribution in [-0.4, -0.2) is 50.4 Å². The smallest absolute Gasteiger partial charge is 0.257 e. The molecule has 8 nitrogen and oxygen atoms in total. The van der Waals surface area contributed by atoms with Crippen LogP contribution in [0.2, 0.25) is 0 Å². The normalized spacial score (nSPS) is 20.8. The second-order valence-electron chi connectivity index (χ2n) is 6.04. The van der Waals surface area contributed by atoms with E-state index in [4.69, 9.17) is 10.5 Å². The van der Waals surface area contributed by atoms with E-state index in [2.05, 4.69) is 19.9 Å². The fraction of sp³-hybridized carbons (Fsp3) is 0.438. The number of nitrogens with zero attached hydrogens (tertiary/aromatic N) is 5. The van der Waals surface area contributed by atoms with Gasteiger partial charge in [0.25, 0.3) is 5.91 Å². The van der Waals surface area contributed by atoms with Gasteiger partial charge in [-0.05, 0) is 12.8 Å².